The molecule has 40 heavy (non-hydrogen) atoms. The highest BCUT2D eigenvalue weighted by Gasteiger charge is 2.37. The van der Waals surface area contributed by atoms with Gasteiger partial charge in [0.1, 0.15) is 23.4 Å². The van der Waals surface area contributed by atoms with E-state index in [1.165, 1.54) is 12.1 Å². The zero-order valence-electron chi connectivity index (χ0n) is 24.1. The molecule has 1 saturated carbocycles. The monoisotopic (exact) mass is 547 g/mol. The molecule has 8 nitrogen and oxygen atoms in total. The molecule has 2 aromatic rings. The maximum absolute atomic E-state index is 14.1. The van der Waals surface area contributed by atoms with Crippen molar-refractivity contribution in [3.8, 4) is 18.2 Å². The van der Waals surface area contributed by atoms with Crippen LogP contribution in [-0.4, -0.2) is 45.6 Å². The smallest absolute Gasteiger partial charge is 0.408 e. The van der Waals surface area contributed by atoms with Gasteiger partial charge in [0, 0.05) is 18.5 Å². The first-order valence-electron chi connectivity index (χ1n) is 13.8. The van der Waals surface area contributed by atoms with Gasteiger partial charge in [0.2, 0.25) is 5.91 Å². The van der Waals surface area contributed by atoms with Gasteiger partial charge >= 0.3 is 6.09 Å². The summed E-state index contributed by atoms with van der Waals surface area (Å²) in [5.74, 6) is -0.901. The third-order valence-electron chi connectivity index (χ3n) is 6.92. The largest absolute Gasteiger partial charge is 0.508 e. The number of terminal acetylenes is 1. The van der Waals surface area contributed by atoms with Crippen molar-refractivity contribution in [2.24, 2.45) is 0 Å². The van der Waals surface area contributed by atoms with Crippen LogP contribution < -0.4 is 10.6 Å². The lowest BCUT2D eigenvalue weighted by Crippen LogP contribution is -2.53. The van der Waals surface area contributed by atoms with Crippen molar-refractivity contribution in [1.82, 2.24) is 15.5 Å². The Kier molecular flexibility index (Phi) is 10.2. The van der Waals surface area contributed by atoms with Crippen LogP contribution in [0.15, 0.2) is 42.5 Å². The molecule has 1 aliphatic rings. The average Bonchev–Trinajstić information content (AvgIpc) is 2.88. The fourth-order valence-corrected chi connectivity index (χ4v) is 5.01. The summed E-state index contributed by atoms with van der Waals surface area (Å²) in [5, 5.41) is 15.5. The van der Waals surface area contributed by atoms with E-state index in [0.717, 1.165) is 48.1 Å². The number of phenols is 1. The molecule has 1 aliphatic carbocycles. The standard InChI is InChI=1S/C32H41N3O5/c1-7-35(28(26-18-13-21(2)19-22(26)3)29(37)33-24-11-9-8-10-12-24)30(38)27(34-31(39)40-32(4,5)6)20-23-14-16-25(36)17-15-23/h1,13-19,24,27-28,36H,8-12,20H2,2-6H3,(H,33,37)(H,34,39). The van der Waals surface area contributed by atoms with Gasteiger partial charge in [-0.25, -0.2) is 4.79 Å². The van der Waals surface area contributed by atoms with Gasteiger partial charge < -0.3 is 20.5 Å². The van der Waals surface area contributed by atoms with Gasteiger partial charge in [0.05, 0.1) is 0 Å². The normalized spacial score (nSPS) is 15.3. The minimum atomic E-state index is -1.13. The van der Waals surface area contributed by atoms with Crippen LogP contribution in [0.5, 0.6) is 5.75 Å². The number of alkyl carbamates (subject to hydrolysis) is 1. The highest BCUT2D eigenvalue weighted by atomic mass is 16.6. The number of rotatable bonds is 8. The Morgan fingerprint density at radius 2 is 1.73 bits per heavy atom. The summed E-state index contributed by atoms with van der Waals surface area (Å²) >= 11 is 0. The van der Waals surface area contributed by atoms with E-state index in [9.17, 15) is 19.5 Å². The summed E-state index contributed by atoms with van der Waals surface area (Å²) in [6, 6.07) is 12.2. The summed E-state index contributed by atoms with van der Waals surface area (Å²) in [4.78, 5) is 41.8. The third-order valence-corrected chi connectivity index (χ3v) is 6.92. The Labute approximate surface area is 237 Å². The zero-order valence-corrected chi connectivity index (χ0v) is 24.1. The van der Waals surface area contributed by atoms with Gasteiger partial charge in [-0.15, -0.1) is 0 Å². The van der Waals surface area contributed by atoms with E-state index in [-0.39, 0.29) is 24.1 Å². The van der Waals surface area contributed by atoms with E-state index >= 15 is 0 Å². The molecular weight excluding hydrogens is 506 g/mol. The fourth-order valence-electron chi connectivity index (χ4n) is 5.01. The van der Waals surface area contributed by atoms with Crippen molar-refractivity contribution >= 4 is 17.9 Å². The number of benzene rings is 2. The van der Waals surface area contributed by atoms with Crippen LogP contribution in [0.2, 0.25) is 0 Å². The maximum Gasteiger partial charge on any atom is 0.408 e. The number of aromatic hydroxyl groups is 1. The number of ether oxygens (including phenoxy) is 1. The Morgan fingerprint density at radius 1 is 1.07 bits per heavy atom. The number of hydrogen-bond donors (Lipinski definition) is 3. The van der Waals surface area contributed by atoms with Gasteiger partial charge in [-0.2, -0.15) is 0 Å². The minimum absolute atomic E-state index is 0.0110. The molecule has 3 rings (SSSR count). The number of nitrogens with zero attached hydrogens (tertiary/aromatic N) is 1. The lowest BCUT2D eigenvalue weighted by Gasteiger charge is -2.33. The Bertz CT molecular complexity index is 1240. The van der Waals surface area contributed by atoms with Gasteiger partial charge in [-0.3, -0.25) is 14.5 Å². The first kappa shape index (κ1) is 30.6. The summed E-state index contributed by atoms with van der Waals surface area (Å²) < 4.78 is 5.42. The van der Waals surface area contributed by atoms with Crippen LogP contribution in [0.25, 0.3) is 0 Å². The number of amides is 3. The molecule has 0 saturated heterocycles. The summed E-state index contributed by atoms with van der Waals surface area (Å²) in [7, 11) is 0. The van der Waals surface area contributed by atoms with E-state index in [4.69, 9.17) is 11.2 Å². The van der Waals surface area contributed by atoms with Gasteiger partial charge in [-0.05, 0) is 76.3 Å². The molecule has 2 unspecified atom stereocenters. The van der Waals surface area contributed by atoms with Crippen LogP contribution in [0.3, 0.4) is 0 Å². The molecule has 2 aromatic carbocycles. The maximum atomic E-state index is 14.1. The quantitative estimate of drug-likeness (QED) is 0.317. The predicted molar refractivity (Wildman–Crippen MR) is 154 cm³/mol. The van der Waals surface area contributed by atoms with Crippen molar-refractivity contribution in [1.29, 1.82) is 0 Å². The highest BCUT2D eigenvalue weighted by molar-refractivity contribution is 5.93. The Balaban J connectivity index is 1.99. The number of aryl methyl sites for hydroxylation is 2. The zero-order chi connectivity index (χ0) is 29.4. The van der Waals surface area contributed by atoms with Crippen LogP contribution in [0.1, 0.15) is 81.2 Å². The van der Waals surface area contributed by atoms with Crippen molar-refractivity contribution in [3.63, 3.8) is 0 Å². The first-order chi connectivity index (χ1) is 18.9. The number of carbonyl (C=O) groups is 3. The molecule has 2 atom stereocenters. The molecule has 214 valence electrons. The molecule has 1 fully saturated rings. The molecule has 0 heterocycles. The molecule has 3 amide bonds. The second-order valence-corrected chi connectivity index (χ2v) is 11.5. The van der Waals surface area contributed by atoms with E-state index in [1.54, 1.807) is 32.9 Å². The van der Waals surface area contributed by atoms with E-state index in [0.29, 0.717) is 11.1 Å². The van der Waals surface area contributed by atoms with E-state index in [2.05, 4.69) is 16.7 Å². The lowest BCUT2D eigenvalue weighted by atomic mass is 9.93. The summed E-state index contributed by atoms with van der Waals surface area (Å²) in [5.41, 5.74) is 2.35. The number of hydrogen-bond acceptors (Lipinski definition) is 5. The Morgan fingerprint density at radius 3 is 2.30 bits per heavy atom. The topological polar surface area (TPSA) is 108 Å². The number of phenolic OH excluding ortho intramolecular Hbond substituents is 1. The number of nitrogens with one attached hydrogen (secondary N) is 2. The average molecular weight is 548 g/mol. The molecule has 3 N–H and O–H groups in total. The van der Waals surface area contributed by atoms with Crippen LogP contribution in [0.4, 0.5) is 4.79 Å². The molecule has 0 bridgehead atoms. The third kappa shape index (κ3) is 8.51. The van der Waals surface area contributed by atoms with Crippen molar-refractivity contribution in [2.45, 2.75) is 96.9 Å². The SMILES string of the molecule is C#CN(C(=O)C(Cc1ccc(O)cc1)NC(=O)OC(C)(C)C)C(C(=O)NC1CCCCC1)c1ccc(C)cc1C. The molecule has 0 aliphatic heterocycles. The molecule has 0 aromatic heterocycles. The lowest BCUT2D eigenvalue weighted by molar-refractivity contribution is -0.139. The molecular formula is C32H41N3O5. The second-order valence-electron chi connectivity index (χ2n) is 11.5. The van der Waals surface area contributed by atoms with E-state index in [1.807, 2.05) is 32.0 Å². The fraction of sp³-hybridized carbons (Fsp3) is 0.469. The van der Waals surface area contributed by atoms with Gasteiger partial charge in [-0.1, -0.05) is 61.6 Å². The van der Waals surface area contributed by atoms with Gasteiger partial charge in [0.25, 0.3) is 5.91 Å². The van der Waals surface area contributed by atoms with Gasteiger partial charge in [0.15, 0.2) is 0 Å². The molecule has 8 heteroatoms. The van der Waals surface area contributed by atoms with Crippen LogP contribution >= 0.6 is 0 Å². The number of carbonyl (C=O) groups excluding carboxylic acids is 3. The van der Waals surface area contributed by atoms with Crippen LogP contribution in [-0.2, 0) is 20.7 Å². The highest BCUT2D eigenvalue weighted by Crippen LogP contribution is 2.28. The molecule has 0 spiro atoms. The van der Waals surface area contributed by atoms with Crippen LogP contribution in [0, 0.1) is 26.3 Å². The Hall–Kier alpha value is -3.99. The van der Waals surface area contributed by atoms with E-state index < -0.39 is 29.7 Å². The van der Waals surface area contributed by atoms with Crippen molar-refractivity contribution in [2.75, 3.05) is 0 Å². The minimum Gasteiger partial charge on any atom is -0.508 e. The van der Waals surface area contributed by atoms with Crippen molar-refractivity contribution in [3.05, 3.63) is 64.7 Å². The van der Waals surface area contributed by atoms with Crippen molar-refractivity contribution < 1.29 is 24.2 Å². The molecule has 0 radical (unpaired) electrons. The second kappa shape index (κ2) is 13.4. The summed E-state index contributed by atoms with van der Waals surface area (Å²) in [6.07, 6.45) is 10.2. The first-order valence-corrected chi connectivity index (χ1v) is 13.8. The summed E-state index contributed by atoms with van der Waals surface area (Å²) in [6.45, 7) is 9.01. The predicted octanol–water partition coefficient (Wildman–Crippen LogP) is 5.05.